The van der Waals surface area contributed by atoms with Crippen molar-refractivity contribution in [3.63, 3.8) is 0 Å². The van der Waals surface area contributed by atoms with Gasteiger partial charge in [0.1, 0.15) is 11.8 Å². The number of nitrogens with zero attached hydrogens (tertiary/aromatic N) is 1. The molecule has 3 atom stereocenters. The van der Waals surface area contributed by atoms with Crippen molar-refractivity contribution in [2.45, 2.75) is 45.4 Å². The Kier molecular flexibility index (Phi) is 8.55. The second kappa shape index (κ2) is 11.4. The fourth-order valence-corrected chi connectivity index (χ4v) is 4.59. The zero-order valence-corrected chi connectivity index (χ0v) is 21.5. The quantitative estimate of drug-likeness (QED) is 0.391. The Labute approximate surface area is 217 Å². The first-order chi connectivity index (χ1) is 17.5. The van der Waals surface area contributed by atoms with Crippen LogP contribution in [0.4, 0.5) is 0 Å². The molecule has 2 aromatic rings. The molecular formula is C29H35N3O5. The van der Waals surface area contributed by atoms with E-state index in [1.807, 2.05) is 44.2 Å². The lowest BCUT2D eigenvalue weighted by molar-refractivity contribution is -0.148. The predicted molar refractivity (Wildman–Crippen MR) is 142 cm³/mol. The van der Waals surface area contributed by atoms with Crippen LogP contribution in [0, 0.1) is 12.3 Å². The first-order valence-electron chi connectivity index (χ1n) is 12.2. The molecule has 8 heteroatoms. The van der Waals surface area contributed by atoms with E-state index in [4.69, 9.17) is 0 Å². The largest absolute Gasteiger partial charge is 0.508 e. The van der Waals surface area contributed by atoms with Crippen LogP contribution >= 0.6 is 0 Å². The minimum absolute atomic E-state index is 0.0323. The fourth-order valence-electron chi connectivity index (χ4n) is 4.59. The summed E-state index contributed by atoms with van der Waals surface area (Å²) >= 11 is 0. The fraction of sp³-hybridized carbons (Fsp3) is 0.345. The average molecular weight is 506 g/mol. The van der Waals surface area contributed by atoms with Crippen molar-refractivity contribution < 1.29 is 24.6 Å². The Morgan fingerprint density at radius 2 is 1.84 bits per heavy atom. The van der Waals surface area contributed by atoms with Crippen molar-refractivity contribution in [1.82, 2.24) is 15.5 Å². The molecule has 196 valence electrons. The van der Waals surface area contributed by atoms with Crippen LogP contribution in [0.15, 0.2) is 73.3 Å². The molecule has 3 rings (SSSR count). The number of hydrogen-bond donors (Lipinski definition) is 4. The lowest BCUT2D eigenvalue weighted by atomic mass is 9.81. The van der Waals surface area contributed by atoms with Gasteiger partial charge in [-0.05, 0) is 36.6 Å². The molecule has 8 nitrogen and oxygen atoms in total. The van der Waals surface area contributed by atoms with Gasteiger partial charge in [-0.15, -0.1) is 6.58 Å². The summed E-state index contributed by atoms with van der Waals surface area (Å²) in [5, 5.41) is 26.9. The number of amides is 3. The van der Waals surface area contributed by atoms with Crippen molar-refractivity contribution >= 4 is 17.7 Å². The summed E-state index contributed by atoms with van der Waals surface area (Å²) in [6, 6.07) is 11.9. The number of nitrogens with one attached hydrogen (secondary N) is 2. The highest BCUT2D eigenvalue weighted by Crippen LogP contribution is 2.40. The zero-order chi connectivity index (χ0) is 27.3. The van der Waals surface area contributed by atoms with Gasteiger partial charge in [-0.3, -0.25) is 14.4 Å². The number of phenolic OH excluding ortho intramolecular Hbond substituents is 1. The third-order valence-corrected chi connectivity index (χ3v) is 7.02. The number of aromatic hydroxyl groups is 1. The van der Waals surface area contributed by atoms with E-state index in [9.17, 15) is 24.6 Å². The van der Waals surface area contributed by atoms with Crippen LogP contribution in [0.3, 0.4) is 0 Å². The number of phenols is 1. The van der Waals surface area contributed by atoms with E-state index < -0.39 is 35.4 Å². The maximum Gasteiger partial charge on any atom is 0.254 e. The van der Waals surface area contributed by atoms with Gasteiger partial charge in [0.15, 0.2) is 6.10 Å². The van der Waals surface area contributed by atoms with Gasteiger partial charge in [0.2, 0.25) is 5.91 Å². The first kappa shape index (κ1) is 27.7. The molecule has 1 aliphatic rings. The Morgan fingerprint density at radius 1 is 1.16 bits per heavy atom. The molecule has 0 spiro atoms. The van der Waals surface area contributed by atoms with E-state index in [0.29, 0.717) is 11.1 Å². The Bertz CT molecular complexity index is 1190. The van der Waals surface area contributed by atoms with E-state index in [-0.39, 0.29) is 36.7 Å². The van der Waals surface area contributed by atoms with Crippen molar-refractivity contribution in [2.75, 3.05) is 13.1 Å². The van der Waals surface area contributed by atoms with E-state index >= 15 is 0 Å². The summed E-state index contributed by atoms with van der Waals surface area (Å²) in [5.74, 6) is -1.62. The van der Waals surface area contributed by atoms with Crippen LogP contribution in [-0.4, -0.2) is 64.1 Å². The monoisotopic (exact) mass is 505 g/mol. The highest BCUT2D eigenvalue weighted by Gasteiger charge is 2.51. The maximum absolute atomic E-state index is 13.7. The van der Waals surface area contributed by atoms with Gasteiger partial charge in [-0.1, -0.05) is 62.9 Å². The van der Waals surface area contributed by atoms with Gasteiger partial charge in [0.25, 0.3) is 11.8 Å². The van der Waals surface area contributed by atoms with Crippen LogP contribution in [0.25, 0.3) is 0 Å². The van der Waals surface area contributed by atoms with Crippen LogP contribution in [-0.2, 0) is 16.0 Å². The second-order valence-corrected chi connectivity index (χ2v) is 9.89. The van der Waals surface area contributed by atoms with Crippen molar-refractivity contribution in [1.29, 1.82) is 0 Å². The third kappa shape index (κ3) is 5.91. The van der Waals surface area contributed by atoms with Gasteiger partial charge < -0.3 is 25.7 Å². The highest BCUT2D eigenvalue weighted by atomic mass is 16.3. The number of benzene rings is 2. The molecule has 1 aliphatic heterocycles. The lowest BCUT2D eigenvalue weighted by Crippen LogP contribution is -2.57. The summed E-state index contributed by atoms with van der Waals surface area (Å²) in [7, 11) is 0. The summed E-state index contributed by atoms with van der Waals surface area (Å²) < 4.78 is 0. The normalized spacial score (nSPS) is 18.1. The van der Waals surface area contributed by atoms with Crippen LogP contribution in [0.2, 0.25) is 0 Å². The minimum Gasteiger partial charge on any atom is -0.508 e. The first-order valence-corrected chi connectivity index (χ1v) is 12.2. The number of aliphatic hydroxyl groups excluding tert-OH is 1. The Balaban J connectivity index is 1.92. The molecule has 0 radical (unpaired) electrons. The standard InChI is InChI=1S/C29H35N3O5/c1-6-15-30-27(36)25-29(4,5)18(2)17-32(25)28(37)24(34)22(16-20-11-8-7-9-12-20)31-26(35)21-13-10-14-23(33)19(21)3/h6-14,22,24-25,33-34H,1-2,15-17H2,3-5H3,(H,30,36)(H,31,35)/t22?,24?,25-/m1/s1. The molecule has 4 N–H and O–H groups in total. The van der Waals surface area contributed by atoms with Gasteiger partial charge in [0.05, 0.1) is 6.04 Å². The smallest absolute Gasteiger partial charge is 0.254 e. The number of likely N-dealkylation sites (tertiary alicyclic amines) is 1. The number of carbonyl (C=O) groups excluding carboxylic acids is 3. The SMILES string of the molecule is C=CCNC(=O)[C@H]1N(C(=O)C(O)C(Cc2ccccc2)NC(=O)c2cccc(O)c2C)CC(=C)C1(C)C. The summed E-state index contributed by atoms with van der Waals surface area (Å²) in [4.78, 5) is 41.2. The third-order valence-electron chi connectivity index (χ3n) is 7.02. The molecule has 1 heterocycles. The number of aliphatic hydroxyl groups is 1. The molecule has 1 fully saturated rings. The maximum atomic E-state index is 13.7. The summed E-state index contributed by atoms with van der Waals surface area (Å²) in [6.45, 7) is 13.3. The highest BCUT2D eigenvalue weighted by molar-refractivity contribution is 5.97. The molecule has 37 heavy (non-hydrogen) atoms. The minimum atomic E-state index is -1.64. The molecule has 2 aromatic carbocycles. The van der Waals surface area contributed by atoms with Gasteiger partial charge in [0, 0.05) is 29.6 Å². The second-order valence-electron chi connectivity index (χ2n) is 9.89. The molecular weight excluding hydrogens is 470 g/mol. The number of hydrogen-bond acceptors (Lipinski definition) is 5. The number of rotatable bonds is 9. The molecule has 1 saturated heterocycles. The van der Waals surface area contributed by atoms with Crippen molar-refractivity contribution in [2.24, 2.45) is 5.41 Å². The molecule has 0 aliphatic carbocycles. The van der Waals surface area contributed by atoms with Crippen LogP contribution in [0.1, 0.15) is 35.3 Å². The Hall–Kier alpha value is -3.91. The molecule has 0 aromatic heterocycles. The molecule has 0 bridgehead atoms. The van der Waals surface area contributed by atoms with Crippen LogP contribution < -0.4 is 10.6 Å². The van der Waals surface area contributed by atoms with Crippen LogP contribution in [0.5, 0.6) is 5.75 Å². The predicted octanol–water partition coefficient (Wildman–Crippen LogP) is 2.50. The van der Waals surface area contributed by atoms with E-state index in [1.54, 1.807) is 25.1 Å². The molecule has 0 saturated carbocycles. The van der Waals surface area contributed by atoms with Gasteiger partial charge in [-0.2, -0.15) is 0 Å². The lowest BCUT2D eigenvalue weighted by Gasteiger charge is -2.34. The Morgan fingerprint density at radius 3 is 2.49 bits per heavy atom. The van der Waals surface area contributed by atoms with E-state index in [1.165, 1.54) is 11.0 Å². The zero-order valence-electron chi connectivity index (χ0n) is 21.5. The van der Waals surface area contributed by atoms with Gasteiger partial charge in [-0.25, -0.2) is 0 Å². The van der Waals surface area contributed by atoms with Crippen molar-refractivity contribution in [3.8, 4) is 5.75 Å². The van der Waals surface area contributed by atoms with Gasteiger partial charge >= 0.3 is 0 Å². The topological polar surface area (TPSA) is 119 Å². The average Bonchev–Trinajstić information content (AvgIpc) is 3.11. The summed E-state index contributed by atoms with van der Waals surface area (Å²) in [6.07, 6.45) is 0.0750. The summed E-state index contributed by atoms with van der Waals surface area (Å²) in [5.41, 5.74) is 1.38. The molecule has 2 unspecified atom stereocenters. The van der Waals surface area contributed by atoms with E-state index in [2.05, 4.69) is 23.8 Å². The van der Waals surface area contributed by atoms with Crippen molar-refractivity contribution in [3.05, 3.63) is 90.0 Å². The van der Waals surface area contributed by atoms with E-state index in [0.717, 1.165) is 5.56 Å². The number of carbonyl (C=O) groups is 3. The molecule has 3 amide bonds.